The van der Waals surface area contributed by atoms with Gasteiger partial charge >= 0.3 is 0 Å². The Morgan fingerprint density at radius 3 is 2.86 bits per heavy atom. The average Bonchev–Trinajstić information content (AvgIpc) is 2.56. The molecule has 0 radical (unpaired) electrons. The molecule has 72 valence electrons. The molecule has 0 aliphatic rings. The Morgan fingerprint density at radius 2 is 2.21 bits per heavy atom. The smallest absolute Gasteiger partial charge is 0.224 e. The molecule has 0 bridgehead atoms. The van der Waals surface area contributed by atoms with E-state index >= 15 is 0 Å². The molecule has 4 nitrogen and oxygen atoms in total. The van der Waals surface area contributed by atoms with E-state index in [0.717, 1.165) is 8.04 Å². The van der Waals surface area contributed by atoms with Crippen molar-refractivity contribution < 1.29 is 0 Å². The summed E-state index contributed by atoms with van der Waals surface area (Å²) in [7, 11) is 0. The zero-order chi connectivity index (χ0) is 10.1. The second-order valence-electron chi connectivity index (χ2n) is 2.41. The second-order valence-corrected chi connectivity index (χ2v) is 4.85. The maximum absolute atomic E-state index is 5.69. The molecule has 0 aromatic carbocycles. The van der Waals surface area contributed by atoms with E-state index in [4.69, 9.17) is 11.6 Å². The van der Waals surface area contributed by atoms with E-state index in [1.165, 1.54) is 0 Å². The van der Waals surface area contributed by atoms with Gasteiger partial charge in [0.1, 0.15) is 0 Å². The van der Waals surface area contributed by atoms with Crippen molar-refractivity contribution in [1.82, 2.24) is 19.7 Å². The van der Waals surface area contributed by atoms with Crippen LogP contribution in [-0.2, 0) is 0 Å². The highest BCUT2D eigenvalue weighted by molar-refractivity contribution is 14.1. The SMILES string of the molecule is Clc1ncc(Br)c(-n2cc(I)cn2)n1. The van der Waals surface area contributed by atoms with Gasteiger partial charge in [0.25, 0.3) is 0 Å². The summed E-state index contributed by atoms with van der Waals surface area (Å²) < 4.78 is 3.42. The van der Waals surface area contributed by atoms with Gasteiger partial charge < -0.3 is 0 Å². The maximum Gasteiger partial charge on any atom is 0.224 e. The first kappa shape index (κ1) is 10.3. The van der Waals surface area contributed by atoms with E-state index in [9.17, 15) is 0 Å². The highest BCUT2D eigenvalue weighted by Crippen LogP contribution is 2.19. The summed E-state index contributed by atoms with van der Waals surface area (Å²) in [4.78, 5) is 7.90. The number of aromatic nitrogens is 4. The van der Waals surface area contributed by atoms with Crippen molar-refractivity contribution in [1.29, 1.82) is 0 Å². The third-order valence-electron chi connectivity index (χ3n) is 1.46. The van der Waals surface area contributed by atoms with Gasteiger partial charge in [-0.25, -0.2) is 9.67 Å². The van der Waals surface area contributed by atoms with Crippen LogP contribution in [0, 0.1) is 3.57 Å². The Bertz CT molecular complexity index is 472. The van der Waals surface area contributed by atoms with Crippen LogP contribution in [-0.4, -0.2) is 19.7 Å². The molecule has 0 unspecified atom stereocenters. The van der Waals surface area contributed by atoms with E-state index in [1.807, 2.05) is 6.20 Å². The van der Waals surface area contributed by atoms with E-state index in [1.54, 1.807) is 17.1 Å². The van der Waals surface area contributed by atoms with Crippen molar-refractivity contribution in [2.45, 2.75) is 0 Å². The summed E-state index contributed by atoms with van der Waals surface area (Å²) in [5.74, 6) is 0.632. The Hall–Kier alpha value is -0.210. The molecule has 0 aliphatic heterocycles. The molecule has 0 saturated carbocycles. The molecule has 2 rings (SSSR count). The van der Waals surface area contributed by atoms with Crippen molar-refractivity contribution in [3.05, 3.63) is 31.9 Å². The molecule has 0 aliphatic carbocycles. The maximum atomic E-state index is 5.69. The third kappa shape index (κ3) is 2.06. The summed E-state index contributed by atoms with van der Waals surface area (Å²) >= 11 is 11.2. The van der Waals surface area contributed by atoms with Crippen LogP contribution in [0.4, 0.5) is 0 Å². The largest absolute Gasteiger partial charge is 0.225 e. The number of halogens is 3. The fourth-order valence-electron chi connectivity index (χ4n) is 0.915. The quantitative estimate of drug-likeness (QED) is 0.560. The first-order chi connectivity index (χ1) is 6.66. The van der Waals surface area contributed by atoms with Crippen LogP contribution in [0.5, 0.6) is 0 Å². The van der Waals surface area contributed by atoms with Gasteiger partial charge in [-0.3, -0.25) is 0 Å². The lowest BCUT2D eigenvalue weighted by Gasteiger charge is -2.01. The van der Waals surface area contributed by atoms with Crippen molar-refractivity contribution in [2.24, 2.45) is 0 Å². The molecule has 7 heteroatoms. The topological polar surface area (TPSA) is 43.6 Å². The minimum Gasteiger partial charge on any atom is -0.225 e. The summed E-state index contributed by atoms with van der Waals surface area (Å²) in [5.41, 5.74) is 0. The average molecular weight is 385 g/mol. The highest BCUT2D eigenvalue weighted by Gasteiger charge is 2.06. The Kier molecular flexibility index (Phi) is 3.03. The van der Waals surface area contributed by atoms with E-state index in [2.05, 4.69) is 53.6 Å². The molecule has 0 atom stereocenters. The zero-order valence-electron chi connectivity index (χ0n) is 6.65. The lowest BCUT2D eigenvalue weighted by Crippen LogP contribution is -2.00. The summed E-state index contributed by atoms with van der Waals surface area (Å²) in [5, 5.41) is 4.32. The van der Waals surface area contributed by atoms with Gasteiger partial charge in [-0.2, -0.15) is 10.1 Å². The van der Waals surface area contributed by atoms with Gasteiger partial charge in [-0.05, 0) is 50.1 Å². The molecule has 2 heterocycles. The van der Waals surface area contributed by atoms with Crippen LogP contribution in [0.3, 0.4) is 0 Å². The van der Waals surface area contributed by atoms with E-state index in [0.29, 0.717) is 5.82 Å². The molecule has 0 spiro atoms. The predicted molar refractivity (Wildman–Crippen MR) is 64.6 cm³/mol. The van der Waals surface area contributed by atoms with Crippen LogP contribution >= 0.6 is 50.1 Å². The number of nitrogens with zero attached hydrogens (tertiary/aromatic N) is 4. The van der Waals surface area contributed by atoms with Gasteiger partial charge in [-0.1, -0.05) is 0 Å². The predicted octanol–water partition coefficient (Wildman–Crippen LogP) is 2.68. The van der Waals surface area contributed by atoms with Gasteiger partial charge in [0, 0.05) is 12.4 Å². The fraction of sp³-hybridized carbons (Fsp3) is 0. The molecular formula is C7H3BrClIN4. The van der Waals surface area contributed by atoms with Crippen molar-refractivity contribution in [3.63, 3.8) is 0 Å². The molecule has 2 aromatic rings. The molecule has 0 saturated heterocycles. The monoisotopic (exact) mass is 384 g/mol. The minimum absolute atomic E-state index is 0.203. The zero-order valence-corrected chi connectivity index (χ0v) is 11.2. The van der Waals surface area contributed by atoms with Gasteiger partial charge in [0.15, 0.2) is 5.82 Å². The first-order valence-electron chi connectivity index (χ1n) is 3.55. The Labute approximate surface area is 107 Å². The van der Waals surface area contributed by atoms with Crippen molar-refractivity contribution in [2.75, 3.05) is 0 Å². The first-order valence-corrected chi connectivity index (χ1v) is 5.80. The number of hydrogen-bond acceptors (Lipinski definition) is 3. The highest BCUT2D eigenvalue weighted by atomic mass is 127. The molecule has 0 N–H and O–H groups in total. The molecule has 0 amide bonds. The van der Waals surface area contributed by atoms with Crippen molar-refractivity contribution in [3.8, 4) is 5.82 Å². The Balaban J connectivity index is 2.55. The van der Waals surface area contributed by atoms with Crippen LogP contribution < -0.4 is 0 Å². The minimum atomic E-state index is 0.203. The van der Waals surface area contributed by atoms with Crippen LogP contribution in [0.2, 0.25) is 5.28 Å². The van der Waals surface area contributed by atoms with E-state index in [-0.39, 0.29) is 5.28 Å². The standard InChI is InChI=1S/C7H3BrClIN4/c8-5-2-11-7(9)13-6(5)14-3-4(10)1-12-14/h1-3H. The molecule has 14 heavy (non-hydrogen) atoms. The molecule has 2 aromatic heterocycles. The fourth-order valence-corrected chi connectivity index (χ4v) is 1.80. The van der Waals surface area contributed by atoms with Gasteiger partial charge in [-0.15, -0.1) is 0 Å². The van der Waals surface area contributed by atoms with Crippen LogP contribution in [0.25, 0.3) is 5.82 Å². The molecular weight excluding hydrogens is 382 g/mol. The van der Waals surface area contributed by atoms with Gasteiger partial charge in [0.2, 0.25) is 5.28 Å². The Morgan fingerprint density at radius 1 is 1.43 bits per heavy atom. The third-order valence-corrected chi connectivity index (χ3v) is 2.76. The van der Waals surface area contributed by atoms with E-state index < -0.39 is 0 Å². The van der Waals surface area contributed by atoms with Crippen LogP contribution in [0.1, 0.15) is 0 Å². The summed E-state index contributed by atoms with van der Waals surface area (Å²) in [6.07, 6.45) is 5.19. The second kappa shape index (κ2) is 4.11. The summed E-state index contributed by atoms with van der Waals surface area (Å²) in [6.45, 7) is 0. The molecule has 0 fully saturated rings. The normalized spacial score (nSPS) is 10.5. The summed E-state index contributed by atoms with van der Waals surface area (Å²) in [6, 6.07) is 0. The van der Waals surface area contributed by atoms with Gasteiger partial charge in [0.05, 0.1) is 14.2 Å². The van der Waals surface area contributed by atoms with Crippen LogP contribution in [0.15, 0.2) is 23.1 Å². The number of rotatable bonds is 1. The lowest BCUT2D eigenvalue weighted by molar-refractivity contribution is 0.833. The lowest BCUT2D eigenvalue weighted by atomic mass is 10.6. The van der Waals surface area contributed by atoms with Crippen molar-refractivity contribution >= 4 is 50.1 Å². The number of hydrogen-bond donors (Lipinski definition) is 0.